The molecule has 2 amide bonds. The number of oxime groups is 1. The molecule has 1 rings (SSSR count). The maximum Gasteiger partial charge on any atom is 0.313 e. The van der Waals surface area contributed by atoms with Gasteiger partial charge in [-0.05, 0) is 13.0 Å². The first kappa shape index (κ1) is 17.2. The fourth-order valence-corrected chi connectivity index (χ4v) is 1.66. The molecule has 0 aromatic carbocycles. The molecule has 1 aromatic heterocycles. The fraction of sp³-hybridized carbons (Fsp3) is 0.462. The third kappa shape index (κ3) is 4.59. The highest BCUT2D eigenvalue weighted by Crippen LogP contribution is 2.18. The molecule has 2 unspecified atom stereocenters. The Bertz CT molecular complexity index is 587. The van der Waals surface area contributed by atoms with Crippen LogP contribution in [0.3, 0.4) is 0 Å². The highest BCUT2D eigenvalue weighted by atomic mass is 16.6. The highest BCUT2D eigenvalue weighted by Gasteiger charge is 2.25. The van der Waals surface area contributed by atoms with Crippen molar-refractivity contribution in [3.8, 4) is 6.07 Å². The second kappa shape index (κ2) is 7.78. The van der Waals surface area contributed by atoms with E-state index in [0.29, 0.717) is 0 Å². The molecule has 22 heavy (non-hydrogen) atoms. The maximum atomic E-state index is 11.5. The van der Waals surface area contributed by atoms with Crippen LogP contribution in [-0.4, -0.2) is 33.3 Å². The van der Waals surface area contributed by atoms with Crippen molar-refractivity contribution in [2.24, 2.45) is 16.8 Å². The van der Waals surface area contributed by atoms with E-state index in [1.807, 2.05) is 13.8 Å². The molecule has 0 saturated heterocycles. The van der Waals surface area contributed by atoms with E-state index in [4.69, 9.17) is 15.8 Å². The Morgan fingerprint density at radius 2 is 2.18 bits per heavy atom. The summed E-state index contributed by atoms with van der Waals surface area (Å²) < 4.78 is 1.54. The van der Waals surface area contributed by atoms with Gasteiger partial charge in [-0.2, -0.15) is 10.4 Å². The van der Waals surface area contributed by atoms with Crippen LogP contribution in [0.1, 0.15) is 27.0 Å². The summed E-state index contributed by atoms with van der Waals surface area (Å²) in [7, 11) is 0. The van der Waals surface area contributed by atoms with E-state index in [1.54, 1.807) is 24.5 Å². The van der Waals surface area contributed by atoms with Gasteiger partial charge in [0.25, 0.3) is 0 Å². The number of nitrogens with zero attached hydrogens (tertiary/aromatic N) is 4. The predicted octanol–water partition coefficient (Wildman–Crippen LogP) is 0.560. The zero-order valence-electron chi connectivity index (χ0n) is 12.6. The summed E-state index contributed by atoms with van der Waals surface area (Å²) >= 11 is 0. The SMILES string of the molecule is CC(=O)C(NC(N)=O)C(C#N)=NOC(C(C)C)n1cccn1. The van der Waals surface area contributed by atoms with Crippen molar-refractivity contribution in [3.05, 3.63) is 18.5 Å². The number of hydrogen-bond acceptors (Lipinski definition) is 6. The Morgan fingerprint density at radius 1 is 1.50 bits per heavy atom. The molecule has 1 aromatic rings. The minimum Gasteiger partial charge on any atom is -0.367 e. The Kier molecular flexibility index (Phi) is 6.07. The van der Waals surface area contributed by atoms with Crippen LogP contribution in [0.2, 0.25) is 0 Å². The topological polar surface area (TPSA) is 135 Å². The quantitative estimate of drug-likeness (QED) is 0.560. The monoisotopic (exact) mass is 306 g/mol. The minimum atomic E-state index is -1.24. The van der Waals surface area contributed by atoms with Gasteiger partial charge < -0.3 is 15.9 Å². The van der Waals surface area contributed by atoms with E-state index in [9.17, 15) is 9.59 Å². The van der Waals surface area contributed by atoms with E-state index >= 15 is 0 Å². The third-order valence-electron chi connectivity index (χ3n) is 2.70. The molecule has 1 heterocycles. The number of amides is 2. The van der Waals surface area contributed by atoms with Crippen molar-refractivity contribution in [3.63, 3.8) is 0 Å². The van der Waals surface area contributed by atoms with E-state index < -0.39 is 24.1 Å². The largest absolute Gasteiger partial charge is 0.367 e. The van der Waals surface area contributed by atoms with Gasteiger partial charge >= 0.3 is 6.03 Å². The molecular formula is C13H18N6O3. The predicted molar refractivity (Wildman–Crippen MR) is 77.4 cm³/mol. The van der Waals surface area contributed by atoms with Crippen molar-refractivity contribution in [2.75, 3.05) is 0 Å². The summed E-state index contributed by atoms with van der Waals surface area (Å²) in [5.41, 5.74) is 4.70. The number of hydrogen-bond donors (Lipinski definition) is 2. The number of ketones is 1. The van der Waals surface area contributed by atoms with E-state index in [2.05, 4.69) is 15.6 Å². The van der Waals surface area contributed by atoms with Gasteiger partial charge in [0.2, 0.25) is 6.23 Å². The number of nitrogens with one attached hydrogen (secondary N) is 1. The molecule has 118 valence electrons. The smallest absolute Gasteiger partial charge is 0.313 e. The first-order valence-corrected chi connectivity index (χ1v) is 6.56. The summed E-state index contributed by atoms with van der Waals surface area (Å²) in [5, 5.41) is 19.0. The van der Waals surface area contributed by atoms with Crippen LogP contribution in [0.15, 0.2) is 23.6 Å². The molecule has 0 saturated carbocycles. The van der Waals surface area contributed by atoms with Crippen molar-refractivity contribution in [2.45, 2.75) is 33.0 Å². The Hall–Kier alpha value is -2.89. The van der Waals surface area contributed by atoms with Crippen LogP contribution >= 0.6 is 0 Å². The number of nitrogens with two attached hydrogens (primary N) is 1. The molecule has 0 fully saturated rings. The zero-order chi connectivity index (χ0) is 16.7. The number of primary amides is 1. The number of carbonyl (C=O) groups is 2. The summed E-state index contributed by atoms with van der Waals surface area (Å²) in [6, 6.07) is 1.28. The summed E-state index contributed by atoms with van der Waals surface area (Å²) in [6.45, 7) is 4.98. The Morgan fingerprint density at radius 3 is 2.59 bits per heavy atom. The normalized spacial score (nSPS) is 14.0. The van der Waals surface area contributed by atoms with Gasteiger partial charge in [0.1, 0.15) is 12.1 Å². The van der Waals surface area contributed by atoms with Crippen LogP contribution in [0.5, 0.6) is 0 Å². The van der Waals surface area contributed by atoms with Crippen molar-refractivity contribution in [1.82, 2.24) is 15.1 Å². The molecular weight excluding hydrogens is 288 g/mol. The van der Waals surface area contributed by atoms with Crippen molar-refractivity contribution < 1.29 is 14.4 Å². The molecule has 0 aliphatic rings. The number of aromatic nitrogens is 2. The van der Waals surface area contributed by atoms with Gasteiger partial charge in [0.15, 0.2) is 11.5 Å². The second-order valence-electron chi connectivity index (χ2n) is 4.87. The molecule has 2 atom stereocenters. The average molecular weight is 306 g/mol. The minimum absolute atomic E-state index is 0.00321. The lowest BCUT2D eigenvalue weighted by Crippen LogP contribution is -2.47. The Labute approximate surface area is 127 Å². The molecule has 0 spiro atoms. The highest BCUT2D eigenvalue weighted by molar-refractivity contribution is 6.16. The number of urea groups is 1. The lowest BCUT2D eigenvalue weighted by atomic mass is 10.1. The van der Waals surface area contributed by atoms with Gasteiger partial charge in [-0.1, -0.05) is 19.0 Å². The third-order valence-corrected chi connectivity index (χ3v) is 2.70. The molecule has 0 aliphatic carbocycles. The number of rotatable bonds is 7. The van der Waals surface area contributed by atoms with Crippen LogP contribution in [-0.2, 0) is 9.63 Å². The molecule has 0 radical (unpaired) electrons. The van der Waals surface area contributed by atoms with E-state index in [-0.39, 0.29) is 11.6 Å². The maximum absolute atomic E-state index is 11.5. The van der Waals surface area contributed by atoms with Crippen LogP contribution in [0, 0.1) is 17.2 Å². The van der Waals surface area contributed by atoms with Crippen LogP contribution in [0.25, 0.3) is 0 Å². The fourth-order valence-electron chi connectivity index (χ4n) is 1.66. The second-order valence-corrected chi connectivity index (χ2v) is 4.87. The van der Waals surface area contributed by atoms with Crippen molar-refractivity contribution >= 4 is 17.5 Å². The van der Waals surface area contributed by atoms with Crippen LogP contribution in [0.4, 0.5) is 4.79 Å². The molecule has 3 N–H and O–H groups in total. The standard InChI is InChI=1S/C13H18N6O3/c1-8(2)12(19-6-4-5-16-19)22-18-10(7-14)11(9(3)20)17-13(15)21/h4-6,8,11-12H,1-3H3,(H3,15,17,21). The summed E-state index contributed by atoms with van der Waals surface area (Å²) in [4.78, 5) is 27.8. The summed E-state index contributed by atoms with van der Waals surface area (Å²) in [5.74, 6) is -0.480. The van der Waals surface area contributed by atoms with E-state index in [1.165, 1.54) is 11.6 Å². The molecule has 0 bridgehead atoms. The molecule has 9 heteroatoms. The van der Waals surface area contributed by atoms with Gasteiger partial charge in [-0.25, -0.2) is 9.48 Å². The molecule has 9 nitrogen and oxygen atoms in total. The molecule has 0 aliphatic heterocycles. The van der Waals surface area contributed by atoms with Gasteiger partial charge in [0.05, 0.1) is 0 Å². The van der Waals surface area contributed by atoms with Gasteiger partial charge in [0, 0.05) is 18.3 Å². The van der Waals surface area contributed by atoms with E-state index in [0.717, 1.165) is 0 Å². The van der Waals surface area contributed by atoms with Gasteiger partial charge in [-0.3, -0.25) is 4.79 Å². The Balaban J connectivity index is 2.97. The average Bonchev–Trinajstić information content (AvgIpc) is 2.94. The zero-order valence-corrected chi connectivity index (χ0v) is 12.6. The lowest BCUT2D eigenvalue weighted by molar-refractivity contribution is -0.117. The number of Topliss-reactive ketones (excluding diaryl/α,β-unsaturated/α-hetero) is 1. The first-order chi connectivity index (χ1) is 10.4. The van der Waals surface area contributed by atoms with Crippen LogP contribution < -0.4 is 11.1 Å². The summed E-state index contributed by atoms with van der Waals surface area (Å²) in [6.07, 6.45) is 2.72. The number of nitriles is 1. The number of carbonyl (C=O) groups excluding carboxylic acids is 2. The lowest BCUT2D eigenvalue weighted by Gasteiger charge is -2.20. The van der Waals surface area contributed by atoms with Gasteiger partial charge in [-0.15, -0.1) is 0 Å². The first-order valence-electron chi connectivity index (χ1n) is 6.56. The van der Waals surface area contributed by atoms with Crippen molar-refractivity contribution in [1.29, 1.82) is 5.26 Å².